The summed E-state index contributed by atoms with van der Waals surface area (Å²) < 4.78 is 15.9. The Morgan fingerprint density at radius 1 is 1.40 bits per heavy atom. The summed E-state index contributed by atoms with van der Waals surface area (Å²) in [5.41, 5.74) is 1.21. The first kappa shape index (κ1) is 15.3. The van der Waals surface area contributed by atoms with E-state index < -0.39 is 6.04 Å². The molecule has 108 valence electrons. The molecule has 0 bridgehead atoms. The molecule has 0 aliphatic rings. The van der Waals surface area contributed by atoms with Crippen molar-refractivity contribution < 1.29 is 4.39 Å². The van der Waals surface area contributed by atoms with Crippen LogP contribution >= 0.6 is 23.2 Å². The number of hydrogen-bond acceptors (Lipinski definition) is 2. The summed E-state index contributed by atoms with van der Waals surface area (Å²) in [5, 5.41) is 8.32. The van der Waals surface area contributed by atoms with Crippen LogP contribution in [0.1, 0.15) is 30.6 Å². The molecular weight excluding hydrogens is 300 g/mol. The fourth-order valence-electron chi connectivity index (χ4n) is 2.22. The van der Waals surface area contributed by atoms with Gasteiger partial charge in [0.2, 0.25) is 0 Å². The maximum Gasteiger partial charge on any atom is 0.128 e. The molecule has 6 heteroatoms. The van der Waals surface area contributed by atoms with Gasteiger partial charge in [0.25, 0.3) is 0 Å². The molecule has 2 aromatic rings. The van der Waals surface area contributed by atoms with Crippen LogP contribution in [0, 0.1) is 5.82 Å². The Morgan fingerprint density at radius 2 is 2.15 bits per heavy atom. The zero-order valence-corrected chi connectivity index (χ0v) is 12.8. The number of nitrogens with one attached hydrogen (secondary N) is 1. The first-order chi connectivity index (χ1) is 9.58. The fourth-order valence-corrected chi connectivity index (χ4v) is 2.66. The zero-order valence-electron chi connectivity index (χ0n) is 11.3. The van der Waals surface area contributed by atoms with E-state index in [4.69, 9.17) is 23.2 Å². The lowest BCUT2D eigenvalue weighted by Gasteiger charge is -2.20. The van der Waals surface area contributed by atoms with Gasteiger partial charge in [0.15, 0.2) is 0 Å². The minimum absolute atomic E-state index is 0.325. The molecule has 0 radical (unpaired) electrons. The predicted octanol–water partition coefficient (Wildman–Crippen LogP) is 4.05. The maximum atomic E-state index is 14.1. The van der Waals surface area contributed by atoms with Crippen molar-refractivity contribution in [3.05, 3.63) is 51.5 Å². The number of hydrogen-bond donors (Lipinski definition) is 1. The van der Waals surface area contributed by atoms with Crippen LogP contribution in [-0.4, -0.2) is 16.8 Å². The van der Waals surface area contributed by atoms with Gasteiger partial charge >= 0.3 is 0 Å². The number of halogens is 3. The zero-order chi connectivity index (χ0) is 14.7. The first-order valence-electron chi connectivity index (χ1n) is 6.41. The Morgan fingerprint density at radius 3 is 2.80 bits per heavy atom. The van der Waals surface area contributed by atoms with E-state index in [1.165, 1.54) is 12.1 Å². The Balaban J connectivity index is 2.52. The normalized spacial score (nSPS) is 12.7. The summed E-state index contributed by atoms with van der Waals surface area (Å²) in [4.78, 5) is 0. The van der Waals surface area contributed by atoms with Crippen molar-refractivity contribution in [1.82, 2.24) is 15.1 Å². The number of rotatable bonds is 5. The molecule has 1 aromatic carbocycles. The van der Waals surface area contributed by atoms with Gasteiger partial charge in [-0.2, -0.15) is 5.10 Å². The largest absolute Gasteiger partial charge is 0.308 e. The molecule has 0 amide bonds. The molecule has 1 aromatic heterocycles. The Labute approximate surface area is 127 Å². The van der Waals surface area contributed by atoms with Crippen LogP contribution in [0.2, 0.25) is 10.0 Å². The summed E-state index contributed by atoms with van der Waals surface area (Å²) in [7, 11) is 1.75. The van der Waals surface area contributed by atoms with E-state index in [2.05, 4.69) is 10.4 Å². The van der Waals surface area contributed by atoms with E-state index in [9.17, 15) is 4.39 Å². The molecule has 1 heterocycles. The van der Waals surface area contributed by atoms with Crippen molar-refractivity contribution in [1.29, 1.82) is 0 Å². The second-order valence-electron chi connectivity index (χ2n) is 4.49. The quantitative estimate of drug-likeness (QED) is 0.902. The Hall–Kier alpha value is -1.10. The van der Waals surface area contributed by atoms with E-state index >= 15 is 0 Å². The summed E-state index contributed by atoms with van der Waals surface area (Å²) in [6.07, 6.45) is 2.50. The third-order valence-corrected chi connectivity index (χ3v) is 3.63. The smallest absolute Gasteiger partial charge is 0.128 e. The summed E-state index contributed by atoms with van der Waals surface area (Å²) in [5.74, 6) is -0.325. The highest BCUT2D eigenvalue weighted by molar-refractivity contribution is 6.31. The standard InChI is InChI=1S/C14H16Cl2FN3/c1-3-6-20-14(11(16)8-19-20)13(18-2)10-7-9(15)4-5-12(10)17/h4-5,7-8,13,18H,3,6H2,1-2H3. The van der Waals surface area contributed by atoms with Gasteiger partial charge in [-0.3, -0.25) is 4.68 Å². The molecule has 0 spiro atoms. The first-order valence-corrected chi connectivity index (χ1v) is 7.17. The second kappa shape index (κ2) is 6.57. The van der Waals surface area contributed by atoms with Crippen molar-refractivity contribution in [2.75, 3.05) is 7.05 Å². The van der Waals surface area contributed by atoms with Crippen LogP contribution in [0.15, 0.2) is 24.4 Å². The second-order valence-corrected chi connectivity index (χ2v) is 5.33. The molecule has 0 aliphatic carbocycles. The van der Waals surface area contributed by atoms with Gasteiger partial charge in [0, 0.05) is 17.1 Å². The van der Waals surface area contributed by atoms with Crippen LogP contribution in [0.3, 0.4) is 0 Å². The van der Waals surface area contributed by atoms with Crippen LogP contribution in [0.5, 0.6) is 0 Å². The molecular formula is C14H16Cl2FN3. The molecule has 1 atom stereocenters. The van der Waals surface area contributed by atoms with Gasteiger partial charge < -0.3 is 5.32 Å². The lowest BCUT2D eigenvalue weighted by molar-refractivity contribution is 0.516. The molecule has 0 aliphatic heterocycles. The predicted molar refractivity (Wildman–Crippen MR) is 79.8 cm³/mol. The lowest BCUT2D eigenvalue weighted by Crippen LogP contribution is -2.23. The van der Waals surface area contributed by atoms with Crippen LogP contribution in [0.25, 0.3) is 0 Å². The average molecular weight is 316 g/mol. The van der Waals surface area contributed by atoms with Gasteiger partial charge in [-0.25, -0.2) is 4.39 Å². The molecule has 1 unspecified atom stereocenters. The van der Waals surface area contributed by atoms with Crippen molar-refractivity contribution in [2.24, 2.45) is 0 Å². The highest BCUT2D eigenvalue weighted by Gasteiger charge is 2.23. The topological polar surface area (TPSA) is 29.9 Å². The van der Waals surface area contributed by atoms with E-state index in [1.54, 1.807) is 24.0 Å². The molecule has 0 saturated heterocycles. The van der Waals surface area contributed by atoms with Crippen LogP contribution in [0.4, 0.5) is 4.39 Å². The Bertz CT molecular complexity index is 598. The van der Waals surface area contributed by atoms with Gasteiger partial charge in [0.05, 0.1) is 23.0 Å². The SMILES string of the molecule is CCCn1ncc(Cl)c1C(NC)c1cc(Cl)ccc1F. The molecule has 20 heavy (non-hydrogen) atoms. The molecule has 0 fully saturated rings. The van der Waals surface area contributed by atoms with Crippen molar-refractivity contribution in [2.45, 2.75) is 25.9 Å². The Kier molecular flexibility index (Phi) is 5.02. The van der Waals surface area contributed by atoms with E-state index in [1.807, 2.05) is 6.92 Å². The molecule has 2 rings (SSSR count). The fraction of sp³-hybridized carbons (Fsp3) is 0.357. The minimum Gasteiger partial charge on any atom is -0.308 e. The highest BCUT2D eigenvalue weighted by Crippen LogP contribution is 2.31. The summed E-state index contributed by atoms with van der Waals surface area (Å²) >= 11 is 12.2. The number of aromatic nitrogens is 2. The summed E-state index contributed by atoms with van der Waals surface area (Å²) in [6, 6.07) is 4.10. The van der Waals surface area contributed by atoms with Crippen molar-refractivity contribution >= 4 is 23.2 Å². The van der Waals surface area contributed by atoms with E-state index in [-0.39, 0.29) is 5.82 Å². The molecule has 0 saturated carbocycles. The molecule has 1 N–H and O–H groups in total. The third-order valence-electron chi connectivity index (χ3n) is 3.10. The van der Waals surface area contributed by atoms with Crippen molar-refractivity contribution in [3.8, 4) is 0 Å². The van der Waals surface area contributed by atoms with Gasteiger partial charge in [-0.15, -0.1) is 0 Å². The van der Waals surface area contributed by atoms with Crippen LogP contribution in [-0.2, 0) is 6.54 Å². The lowest BCUT2D eigenvalue weighted by atomic mass is 10.0. The summed E-state index contributed by atoms with van der Waals surface area (Å²) in [6.45, 7) is 2.77. The van der Waals surface area contributed by atoms with E-state index in [0.717, 1.165) is 18.7 Å². The maximum absolute atomic E-state index is 14.1. The van der Waals surface area contributed by atoms with Gasteiger partial charge in [-0.05, 0) is 31.7 Å². The highest BCUT2D eigenvalue weighted by atomic mass is 35.5. The van der Waals surface area contributed by atoms with Gasteiger partial charge in [0.1, 0.15) is 5.82 Å². The van der Waals surface area contributed by atoms with E-state index in [0.29, 0.717) is 15.6 Å². The number of nitrogens with zero attached hydrogens (tertiary/aromatic N) is 2. The average Bonchev–Trinajstić information content (AvgIpc) is 2.77. The van der Waals surface area contributed by atoms with Crippen LogP contribution < -0.4 is 5.32 Å². The monoisotopic (exact) mass is 315 g/mol. The van der Waals surface area contributed by atoms with Gasteiger partial charge in [-0.1, -0.05) is 30.1 Å². The molecule has 3 nitrogen and oxygen atoms in total. The number of aryl methyl sites for hydroxylation is 1. The third kappa shape index (κ3) is 2.97. The van der Waals surface area contributed by atoms with Crippen molar-refractivity contribution in [3.63, 3.8) is 0 Å². The minimum atomic E-state index is -0.393. The number of benzene rings is 1.